The third-order valence-corrected chi connectivity index (χ3v) is 8.38. The number of nitriles is 2. The van der Waals surface area contributed by atoms with Crippen molar-refractivity contribution in [3.05, 3.63) is 156 Å². The van der Waals surface area contributed by atoms with Gasteiger partial charge in [0.1, 0.15) is 5.82 Å². The number of benzene rings is 6. The average molecular weight is 619 g/mol. The molecule has 0 aliphatic carbocycles. The Kier molecular flexibility index (Phi) is 6.98. The van der Waals surface area contributed by atoms with Crippen LogP contribution in [0.3, 0.4) is 0 Å². The molecular formula is C41H23FN6. The second kappa shape index (κ2) is 11.8. The third kappa shape index (κ3) is 5.02. The van der Waals surface area contributed by atoms with Crippen LogP contribution in [0.1, 0.15) is 11.1 Å². The lowest BCUT2D eigenvalue weighted by atomic mass is 9.98. The van der Waals surface area contributed by atoms with Gasteiger partial charge in [0.2, 0.25) is 0 Å². The number of fused-ring (bicyclic) bond motifs is 3. The highest BCUT2D eigenvalue weighted by molar-refractivity contribution is 6.10. The van der Waals surface area contributed by atoms with E-state index in [9.17, 15) is 14.9 Å². The van der Waals surface area contributed by atoms with Gasteiger partial charge in [-0.1, -0.05) is 91.0 Å². The zero-order valence-corrected chi connectivity index (χ0v) is 25.3. The SMILES string of the molecule is N#Cc1ccc2c3ccc(C#N)cc3n(-c3ccc(-c4ccc(F)cc4)c(-c4nc(-c5ccccc5)nc(-c5ccccc5)n4)c3)c2c1. The van der Waals surface area contributed by atoms with Crippen molar-refractivity contribution >= 4 is 21.8 Å². The van der Waals surface area contributed by atoms with Gasteiger partial charge in [0, 0.05) is 33.2 Å². The average Bonchev–Trinajstić information content (AvgIpc) is 3.48. The fourth-order valence-corrected chi connectivity index (χ4v) is 6.10. The summed E-state index contributed by atoms with van der Waals surface area (Å²) < 4.78 is 16.2. The Hall–Kier alpha value is -6.96. The van der Waals surface area contributed by atoms with Crippen molar-refractivity contribution in [1.82, 2.24) is 19.5 Å². The number of hydrogen-bond acceptors (Lipinski definition) is 5. The minimum absolute atomic E-state index is 0.332. The summed E-state index contributed by atoms with van der Waals surface area (Å²) in [5.41, 5.74) is 7.46. The van der Waals surface area contributed by atoms with Crippen LogP contribution in [0, 0.1) is 28.5 Å². The minimum Gasteiger partial charge on any atom is -0.309 e. The largest absolute Gasteiger partial charge is 0.309 e. The van der Waals surface area contributed by atoms with Crippen LogP contribution in [0.25, 0.3) is 72.8 Å². The van der Waals surface area contributed by atoms with Crippen LogP contribution in [0.2, 0.25) is 0 Å². The molecule has 0 amide bonds. The highest BCUT2D eigenvalue weighted by Crippen LogP contribution is 2.38. The molecule has 0 aliphatic rings. The molecule has 6 nitrogen and oxygen atoms in total. The van der Waals surface area contributed by atoms with E-state index < -0.39 is 0 Å². The van der Waals surface area contributed by atoms with Gasteiger partial charge >= 0.3 is 0 Å². The van der Waals surface area contributed by atoms with E-state index >= 15 is 0 Å². The van der Waals surface area contributed by atoms with E-state index in [0.29, 0.717) is 34.2 Å². The monoisotopic (exact) mass is 618 g/mol. The first-order chi connectivity index (χ1) is 23.6. The van der Waals surface area contributed by atoms with Crippen LogP contribution in [0.4, 0.5) is 4.39 Å². The van der Waals surface area contributed by atoms with E-state index in [-0.39, 0.29) is 5.82 Å². The van der Waals surface area contributed by atoms with Gasteiger partial charge in [-0.3, -0.25) is 0 Å². The summed E-state index contributed by atoms with van der Waals surface area (Å²) in [6.45, 7) is 0. The maximum absolute atomic E-state index is 14.1. The molecule has 0 aliphatic heterocycles. The summed E-state index contributed by atoms with van der Waals surface area (Å²) in [6, 6.07) is 47.5. The van der Waals surface area contributed by atoms with Crippen LogP contribution in [-0.2, 0) is 0 Å². The van der Waals surface area contributed by atoms with E-state index in [2.05, 4.69) is 16.7 Å². The quantitative estimate of drug-likeness (QED) is 0.192. The molecule has 8 rings (SSSR count). The maximum Gasteiger partial charge on any atom is 0.164 e. The van der Waals surface area contributed by atoms with Gasteiger partial charge in [0.15, 0.2) is 17.5 Å². The topological polar surface area (TPSA) is 91.2 Å². The van der Waals surface area contributed by atoms with Crippen molar-refractivity contribution in [2.24, 2.45) is 0 Å². The van der Waals surface area contributed by atoms with Crippen LogP contribution < -0.4 is 0 Å². The predicted octanol–water partition coefficient (Wildman–Crippen LogP) is 9.52. The summed E-state index contributed by atoms with van der Waals surface area (Å²) in [7, 11) is 0. The Morgan fingerprint density at radius 1 is 0.479 bits per heavy atom. The fraction of sp³-hybridized carbons (Fsp3) is 0. The van der Waals surface area contributed by atoms with Crippen molar-refractivity contribution in [1.29, 1.82) is 10.5 Å². The minimum atomic E-state index is -0.332. The lowest BCUT2D eigenvalue weighted by Gasteiger charge is -2.15. The van der Waals surface area contributed by atoms with Gasteiger partial charge in [-0.25, -0.2) is 19.3 Å². The van der Waals surface area contributed by atoms with Crippen molar-refractivity contribution in [3.8, 4) is 63.1 Å². The lowest BCUT2D eigenvalue weighted by Crippen LogP contribution is -2.02. The molecule has 0 unspecified atom stereocenters. The zero-order valence-electron chi connectivity index (χ0n) is 25.3. The van der Waals surface area contributed by atoms with E-state index in [1.807, 2.05) is 103 Å². The Balaban J connectivity index is 1.45. The fourth-order valence-electron chi connectivity index (χ4n) is 6.10. The van der Waals surface area contributed by atoms with Crippen LogP contribution in [0.15, 0.2) is 140 Å². The summed E-state index contributed by atoms with van der Waals surface area (Å²) in [6.07, 6.45) is 0. The summed E-state index contributed by atoms with van der Waals surface area (Å²) in [4.78, 5) is 14.9. The normalized spacial score (nSPS) is 11.0. The Morgan fingerprint density at radius 3 is 1.52 bits per heavy atom. The molecule has 0 bridgehead atoms. The predicted molar refractivity (Wildman–Crippen MR) is 185 cm³/mol. The van der Waals surface area contributed by atoms with Crippen molar-refractivity contribution in [2.45, 2.75) is 0 Å². The molecule has 224 valence electrons. The molecule has 0 radical (unpaired) electrons. The maximum atomic E-state index is 14.1. The number of nitrogens with zero attached hydrogens (tertiary/aromatic N) is 6. The molecule has 0 atom stereocenters. The van der Waals surface area contributed by atoms with Crippen LogP contribution in [0.5, 0.6) is 0 Å². The first kappa shape index (κ1) is 28.5. The van der Waals surface area contributed by atoms with E-state index in [0.717, 1.165) is 49.7 Å². The number of aromatic nitrogens is 4. The smallest absolute Gasteiger partial charge is 0.164 e. The molecule has 0 saturated heterocycles. The van der Waals surface area contributed by atoms with Gasteiger partial charge in [-0.15, -0.1) is 0 Å². The second-order valence-corrected chi connectivity index (χ2v) is 11.3. The molecule has 2 heterocycles. The Morgan fingerprint density at radius 2 is 1.00 bits per heavy atom. The first-order valence-corrected chi connectivity index (χ1v) is 15.3. The number of hydrogen-bond donors (Lipinski definition) is 0. The third-order valence-electron chi connectivity index (χ3n) is 8.38. The molecule has 6 aromatic carbocycles. The second-order valence-electron chi connectivity index (χ2n) is 11.3. The number of rotatable bonds is 5. The van der Waals surface area contributed by atoms with Crippen molar-refractivity contribution in [3.63, 3.8) is 0 Å². The molecule has 48 heavy (non-hydrogen) atoms. The molecule has 0 spiro atoms. The van der Waals surface area contributed by atoms with Gasteiger partial charge in [-0.2, -0.15) is 10.5 Å². The Labute approximate surface area is 275 Å². The van der Waals surface area contributed by atoms with Crippen molar-refractivity contribution in [2.75, 3.05) is 0 Å². The standard InChI is InChI=1S/C41H23FN6/c42-31-15-13-28(14-16-31)33-20-17-32(48-37-21-26(24-43)11-18-34(37)35-19-12-27(25-44)22-38(35)48)23-36(33)41-46-39(29-7-3-1-4-8-29)45-40(47-41)30-9-5-2-6-10-30/h1-23H. The number of halogens is 1. The Bertz CT molecular complexity index is 2450. The highest BCUT2D eigenvalue weighted by atomic mass is 19.1. The molecule has 0 fully saturated rings. The van der Waals surface area contributed by atoms with Gasteiger partial charge in [-0.05, 0) is 59.7 Å². The van der Waals surface area contributed by atoms with E-state index in [1.54, 1.807) is 24.3 Å². The molecule has 7 heteroatoms. The van der Waals surface area contributed by atoms with Gasteiger partial charge in [0.05, 0.1) is 34.3 Å². The zero-order chi connectivity index (χ0) is 32.6. The molecule has 0 N–H and O–H groups in total. The molecule has 2 aromatic heterocycles. The molecule has 8 aromatic rings. The highest BCUT2D eigenvalue weighted by Gasteiger charge is 2.19. The van der Waals surface area contributed by atoms with Crippen LogP contribution >= 0.6 is 0 Å². The van der Waals surface area contributed by atoms with E-state index in [4.69, 9.17) is 15.0 Å². The van der Waals surface area contributed by atoms with Crippen molar-refractivity contribution < 1.29 is 4.39 Å². The van der Waals surface area contributed by atoms with Crippen LogP contribution in [-0.4, -0.2) is 19.5 Å². The van der Waals surface area contributed by atoms with Gasteiger partial charge in [0.25, 0.3) is 0 Å². The molecule has 0 saturated carbocycles. The summed E-state index contributed by atoms with van der Waals surface area (Å²) in [5.74, 6) is 1.15. The lowest BCUT2D eigenvalue weighted by molar-refractivity contribution is 0.628. The van der Waals surface area contributed by atoms with Gasteiger partial charge < -0.3 is 4.57 Å². The van der Waals surface area contributed by atoms with E-state index in [1.165, 1.54) is 12.1 Å². The molecular weight excluding hydrogens is 595 g/mol. The first-order valence-electron chi connectivity index (χ1n) is 15.3. The summed E-state index contributed by atoms with van der Waals surface area (Å²) in [5, 5.41) is 21.5. The summed E-state index contributed by atoms with van der Waals surface area (Å²) >= 11 is 0.